The molecule has 2 atom stereocenters. The number of hydrogen-bond acceptors (Lipinski definition) is 2. The Morgan fingerprint density at radius 1 is 1.62 bits per heavy atom. The fraction of sp³-hybridized carbons (Fsp3) is 0.750. The van der Waals surface area contributed by atoms with Gasteiger partial charge in [0.15, 0.2) is 0 Å². The van der Waals surface area contributed by atoms with Gasteiger partial charge in [0.1, 0.15) is 5.38 Å². The van der Waals surface area contributed by atoms with Crippen LogP contribution in [0.4, 0.5) is 0 Å². The molecule has 4 heteroatoms. The molecule has 0 aromatic carbocycles. The molecule has 0 amide bonds. The third-order valence-corrected chi connectivity index (χ3v) is 1.54. The first-order valence-electron chi connectivity index (χ1n) is 2.01. The second-order valence-electron chi connectivity index (χ2n) is 1.23. The molecule has 0 aliphatic carbocycles. The molecule has 2 nitrogen and oxygen atoms in total. The van der Waals surface area contributed by atoms with Gasteiger partial charge in [-0.05, 0) is 0 Å². The van der Waals surface area contributed by atoms with Gasteiger partial charge in [-0.2, -0.15) is 5.26 Å². The first-order chi connectivity index (χ1) is 3.72. The minimum absolute atomic E-state index is 0.261. The van der Waals surface area contributed by atoms with Crippen molar-refractivity contribution in [2.45, 2.75) is 10.8 Å². The lowest BCUT2D eigenvalue weighted by Gasteiger charge is -2.02. The van der Waals surface area contributed by atoms with Gasteiger partial charge in [-0.1, -0.05) is 0 Å². The third kappa shape index (κ3) is 2.37. The summed E-state index contributed by atoms with van der Waals surface area (Å²) < 4.78 is 0. The lowest BCUT2D eigenvalue weighted by molar-refractivity contribution is 0.294. The number of rotatable bonds is 2. The molecule has 0 aromatic heterocycles. The van der Waals surface area contributed by atoms with Crippen molar-refractivity contribution in [2.75, 3.05) is 6.61 Å². The molecule has 0 rings (SSSR count). The topological polar surface area (TPSA) is 44.0 Å². The largest absolute Gasteiger partial charge is 0.395 e. The molecule has 0 aliphatic heterocycles. The van der Waals surface area contributed by atoms with E-state index in [1.54, 1.807) is 6.07 Å². The van der Waals surface area contributed by atoms with E-state index in [4.69, 9.17) is 33.6 Å². The Morgan fingerprint density at radius 3 is 2.25 bits per heavy atom. The van der Waals surface area contributed by atoms with Crippen LogP contribution in [0.1, 0.15) is 0 Å². The maximum absolute atomic E-state index is 8.27. The summed E-state index contributed by atoms with van der Waals surface area (Å²) in [7, 11) is 0. The summed E-state index contributed by atoms with van der Waals surface area (Å²) in [6.07, 6.45) is 0. The average molecular weight is 154 g/mol. The van der Waals surface area contributed by atoms with Crippen molar-refractivity contribution in [2.24, 2.45) is 0 Å². The van der Waals surface area contributed by atoms with Crippen LogP contribution in [-0.4, -0.2) is 22.5 Å². The average Bonchev–Trinajstić information content (AvgIpc) is 1.84. The summed E-state index contributed by atoms with van der Waals surface area (Å²) >= 11 is 10.6. The quantitative estimate of drug-likeness (QED) is 0.595. The van der Waals surface area contributed by atoms with E-state index in [0.717, 1.165) is 0 Å². The Bertz CT molecular complexity index is 101. The van der Waals surface area contributed by atoms with Crippen LogP contribution in [-0.2, 0) is 0 Å². The highest BCUT2D eigenvalue weighted by Crippen LogP contribution is 2.06. The van der Waals surface area contributed by atoms with Gasteiger partial charge < -0.3 is 5.11 Å². The van der Waals surface area contributed by atoms with E-state index in [0.29, 0.717) is 0 Å². The van der Waals surface area contributed by atoms with Crippen molar-refractivity contribution in [3.8, 4) is 6.07 Å². The van der Waals surface area contributed by atoms with Gasteiger partial charge in [-0.15, -0.1) is 23.2 Å². The number of hydrogen-bond donors (Lipinski definition) is 1. The second kappa shape index (κ2) is 3.96. The van der Waals surface area contributed by atoms with E-state index >= 15 is 0 Å². The molecule has 1 N–H and O–H groups in total. The number of nitriles is 1. The first-order valence-corrected chi connectivity index (χ1v) is 2.88. The molecule has 0 aromatic rings. The SMILES string of the molecule is N#C[C@@H](Cl)[C@H](Cl)CO. The smallest absolute Gasteiger partial charge is 0.139 e. The number of aliphatic hydroxyl groups is 1. The Hall–Kier alpha value is 0.0300. The van der Waals surface area contributed by atoms with Crippen molar-refractivity contribution in [3.05, 3.63) is 0 Å². The van der Waals surface area contributed by atoms with Gasteiger partial charge in [0, 0.05) is 0 Å². The van der Waals surface area contributed by atoms with E-state index < -0.39 is 10.8 Å². The van der Waals surface area contributed by atoms with Crippen molar-refractivity contribution < 1.29 is 5.11 Å². The highest BCUT2D eigenvalue weighted by Gasteiger charge is 2.13. The van der Waals surface area contributed by atoms with Crippen LogP contribution in [0.2, 0.25) is 0 Å². The molecule has 0 heterocycles. The number of halogens is 2. The van der Waals surface area contributed by atoms with Gasteiger partial charge in [0.05, 0.1) is 18.1 Å². The monoisotopic (exact) mass is 153 g/mol. The molecule has 0 unspecified atom stereocenters. The van der Waals surface area contributed by atoms with Gasteiger partial charge in [0.25, 0.3) is 0 Å². The number of alkyl halides is 2. The molecule has 0 bridgehead atoms. The fourth-order valence-electron chi connectivity index (χ4n) is 0.173. The van der Waals surface area contributed by atoms with E-state index in [2.05, 4.69) is 0 Å². The summed E-state index contributed by atoms with van der Waals surface area (Å²) in [4.78, 5) is 0. The maximum atomic E-state index is 8.27. The summed E-state index contributed by atoms with van der Waals surface area (Å²) in [5, 5.41) is 14.9. The lowest BCUT2D eigenvalue weighted by Crippen LogP contribution is -2.16. The highest BCUT2D eigenvalue weighted by molar-refractivity contribution is 6.31. The predicted octanol–water partition coefficient (Wildman–Crippen LogP) is 0.717. The molecule has 0 fully saturated rings. The Labute approximate surface area is 57.6 Å². The summed E-state index contributed by atoms with van der Waals surface area (Å²) in [6.45, 7) is -0.261. The van der Waals surface area contributed by atoms with Crippen LogP contribution in [0.3, 0.4) is 0 Å². The highest BCUT2D eigenvalue weighted by atomic mass is 35.5. The summed E-state index contributed by atoms with van der Waals surface area (Å²) in [6, 6.07) is 1.69. The molecular weight excluding hydrogens is 149 g/mol. The predicted molar refractivity (Wildman–Crippen MR) is 32.0 cm³/mol. The third-order valence-electron chi connectivity index (χ3n) is 0.615. The zero-order valence-corrected chi connectivity index (χ0v) is 5.52. The van der Waals surface area contributed by atoms with E-state index in [1.165, 1.54) is 0 Å². The molecule has 0 spiro atoms. The number of aliphatic hydroxyl groups excluding tert-OH is 1. The number of nitrogens with zero attached hydrogens (tertiary/aromatic N) is 1. The normalized spacial score (nSPS) is 16.8. The summed E-state index contributed by atoms with van der Waals surface area (Å²) in [5.41, 5.74) is 0. The zero-order valence-electron chi connectivity index (χ0n) is 4.01. The Balaban J connectivity index is 3.49. The van der Waals surface area contributed by atoms with Crippen molar-refractivity contribution >= 4 is 23.2 Å². The van der Waals surface area contributed by atoms with E-state index in [9.17, 15) is 0 Å². The van der Waals surface area contributed by atoms with Crippen LogP contribution in [0.15, 0.2) is 0 Å². The Morgan fingerprint density at radius 2 is 2.12 bits per heavy atom. The standard InChI is InChI=1S/C4H5Cl2NO/c5-3(1-7)4(6)2-8/h3-4,8H,2H2/t3-,4-/m1/s1. The first kappa shape index (κ1) is 8.03. The molecule has 0 aliphatic rings. The van der Waals surface area contributed by atoms with E-state index in [1.807, 2.05) is 0 Å². The van der Waals surface area contributed by atoms with Crippen LogP contribution >= 0.6 is 23.2 Å². The zero-order chi connectivity index (χ0) is 6.57. The summed E-state index contributed by atoms with van der Waals surface area (Å²) in [5.74, 6) is 0. The molecule has 0 radical (unpaired) electrons. The van der Waals surface area contributed by atoms with Crippen LogP contribution in [0.5, 0.6) is 0 Å². The van der Waals surface area contributed by atoms with Gasteiger partial charge >= 0.3 is 0 Å². The molecule has 8 heavy (non-hydrogen) atoms. The Kier molecular flexibility index (Phi) is 3.98. The molecule has 0 saturated heterocycles. The van der Waals surface area contributed by atoms with Gasteiger partial charge in [-0.25, -0.2) is 0 Å². The molecule has 46 valence electrons. The van der Waals surface area contributed by atoms with Gasteiger partial charge in [-0.3, -0.25) is 0 Å². The van der Waals surface area contributed by atoms with Crippen LogP contribution in [0, 0.1) is 11.3 Å². The van der Waals surface area contributed by atoms with Crippen molar-refractivity contribution in [1.82, 2.24) is 0 Å². The van der Waals surface area contributed by atoms with Crippen LogP contribution < -0.4 is 0 Å². The van der Waals surface area contributed by atoms with Gasteiger partial charge in [0.2, 0.25) is 0 Å². The minimum Gasteiger partial charge on any atom is -0.395 e. The lowest BCUT2D eigenvalue weighted by atomic mass is 10.3. The fourth-order valence-corrected chi connectivity index (χ4v) is 0.309. The van der Waals surface area contributed by atoms with Crippen molar-refractivity contribution in [1.29, 1.82) is 5.26 Å². The van der Waals surface area contributed by atoms with E-state index in [-0.39, 0.29) is 6.61 Å². The van der Waals surface area contributed by atoms with Crippen molar-refractivity contribution in [3.63, 3.8) is 0 Å². The second-order valence-corrected chi connectivity index (χ2v) is 2.26. The minimum atomic E-state index is -0.790. The van der Waals surface area contributed by atoms with Crippen LogP contribution in [0.25, 0.3) is 0 Å². The molecule has 0 saturated carbocycles. The maximum Gasteiger partial charge on any atom is 0.139 e. The molecular formula is C4H5Cl2NO.